The highest BCUT2D eigenvalue weighted by molar-refractivity contribution is 5.96. The number of nitrogens with zero attached hydrogens (tertiary/aromatic N) is 2. The van der Waals surface area contributed by atoms with Crippen LogP contribution in [0.4, 0.5) is 10.2 Å². The molecule has 8 heteroatoms. The lowest BCUT2D eigenvalue weighted by atomic mass is 10.0. The van der Waals surface area contributed by atoms with Gasteiger partial charge in [-0.25, -0.2) is 14.4 Å². The Kier molecular flexibility index (Phi) is 5.19. The Labute approximate surface area is 131 Å². The number of esters is 1. The van der Waals surface area contributed by atoms with Crippen molar-refractivity contribution < 1.29 is 18.7 Å². The van der Waals surface area contributed by atoms with E-state index < -0.39 is 23.7 Å². The largest absolute Gasteiger partial charge is 0.469 e. The summed E-state index contributed by atoms with van der Waals surface area (Å²) in [7, 11) is 1.24. The number of carbonyl (C=O) groups is 2. The summed E-state index contributed by atoms with van der Waals surface area (Å²) in [6.45, 7) is 0. The summed E-state index contributed by atoms with van der Waals surface area (Å²) in [5.74, 6) is -1.56. The van der Waals surface area contributed by atoms with E-state index in [-0.39, 0.29) is 17.9 Å². The lowest BCUT2D eigenvalue weighted by Crippen LogP contribution is -2.31. The van der Waals surface area contributed by atoms with Gasteiger partial charge in [-0.15, -0.1) is 0 Å². The van der Waals surface area contributed by atoms with Gasteiger partial charge < -0.3 is 15.8 Å². The number of ether oxygens (including phenoxy) is 1. The molecule has 120 valence electrons. The minimum atomic E-state index is -0.711. The second-order valence-electron chi connectivity index (χ2n) is 4.65. The molecule has 2 aromatic rings. The number of nitrogen functional groups attached to an aromatic ring is 1. The van der Waals surface area contributed by atoms with Crippen molar-refractivity contribution in [2.45, 2.75) is 12.5 Å². The quantitative estimate of drug-likeness (QED) is 0.803. The zero-order chi connectivity index (χ0) is 16.8. The molecule has 0 aliphatic heterocycles. The Morgan fingerprint density at radius 3 is 2.52 bits per heavy atom. The molecule has 1 aromatic carbocycles. The molecule has 1 unspecified atom stereocenters. The van der Waals surface area contributed by atoms with E-state index in [1.807, 2.05) is 0 Å². The predicted octanol–water partition coefficient (Wildman–Crippen LogP) is 1.23. The summed E-state index contributed by atoms with van der Waals surface area (Å²) >= 11 is 0. The molecule has 0 fully saturated rings. The van der Waals surface area contributed by atoms with E-state index in [0.717, 1.165) is 0 Å². The van der Waals surface area contributed by atoms with Crippen molar-refractivity contribution in [3.8, 4) is 0 Å². The number of carbonyl (C=O) groups excluding carboxylic acids is 2. The molecule has 2 rings (SSSR count). The lowest BCUT2D eigenvalue weighted by molar-refractivity contribution is -0.141. The molecule has 0 radical (unpaired) electrons. The number of hydrogen-bond donors (Lipinski definition) is 2. The monoisotopic (exact) mass is 318 g/mol. The highest BCUT2D eigenvalue weighted by Crippen LogP contribution is 2.19. The van der Waals surface area contributed by atoms with Crippen molar-refractivity contribution in [2.24, 2.45) is 0 Å². The molecule has 23 heavy (non-hydrogen) atoms. The van der Waals surface area contributed by atoms with Crippen LogP contribution in [0.2, 0.25) is 0 Å². The zero-order valence-corrected chi connectivity index (χ0v) is 12.3. The number of anilines is 1. The first-order valence-electron chi connectivity index (χ1n) is 6.71. The van der Waals surface area contributed by atoms with Gasteiger partial charge in [0.15, 0.2) is 11.5 Å². The van der Waals surface area contributed by atoms with Crippen LogP contribution >= 0.6 is 0 Å². The molecule has 1 heterocycles. The highest BCUT2D eigenvalue weighted by Gasteiger charge is 2.21. The smallest absolute Gasteiger partial charge is 0.307 e. The molecular weight excluding hydrogens is 303 g/mol. The first kappa shape index (κ1) is 16.3. The maximum atomic E-state index is 13.0. The molecule has 1 aromatic heterocycles. The van der Waals surface area contributed by atoms with E-state index in [0.29, 0.717) is 5.56 Å². The number of benzene rings is 1. The molecule has 3 N–H and O–H groups in total. The van der Waals surface area contributed by atoms with Gasteiger partial charge in [0.1, 0.15) is 5.82 Å². The van der Waals surface area contributed by atoms with Gasteiger partial charge in [-0.1, -0.05) is 12.1 Å². The summed E-state index contributed by atoms with van der Waals surface area (Å²) in [4.78, 5) is 31.5. The molecule has 0 saturated carbocycles. The molecule has 1 atom stereocenters. The van der Waals surface area contributed by atoms with Gasteiger partial charge in [0.05, 0.1) is 19.6 Å². The van der Waals surface area contributed by atoms with Crippen LogP contribution in [0.15, 0.2) is 36.7 Å². The minimum Gasteiger partial charge on any atom is -0.469 e. The second-order valence-corrected chi connectivity index (χ2v) is 4.65. The number of methoxy groups -OCH3 is 1. The second kappa shape index (κ2) is 7.30. The van der Waals surface area contributed by atoms with E-state index in [2.05, 4.69) is 20.0 Å². The van der Waals surface area contributed by atoms with Crippen LogP contribution in [0.3, 0.4) is 0 Å². The molecule has 0 aliphatic rings. The van der Waals surface area contributed by atoms with Gasteiger partial charge in [-0.2, -0.15) is 0 Å². The SMILES string of the molecule is COC(=O)CC(NC(=O)c1nccnc1N)c1ccc(F)cc1. The fraction of sp³-hybridized carbons (Fsp3) is 0.200. The average molecular weight is 318 g/mol. The average Bonchev–Trinajstić information content (AvgIpc) is 2.55. The molecule has 0 spiro atoms. The Morgan fingerprint density at radius 2 is 1.91 bits per heavy atom. The van der Waals surface area contributed by atoms with Crippen molar-refractivity contribution in [1.82, 2.24) is 15.3 Å². The maximum absolute atomic E-state index is 13.0. The third-order valence-corrected chi connectivity index (χ3v) is 3.12. The van der Waals surface area contributed by atoms with Crippen molar-refractivity contribution in [1.29, 1.82) is 0 Å². The number of aromatic nitrogens is 2. The Morgan fingerprint density at radius 1 is 1.26 bits per heavy atom. The number of rotatable bonds is 5. The Balaban J connectivity index is 2.23. The van der Waals surface area contributed by atoms with Crippen molar-refractivity contribution in [3.63, 3.8) is 0 Å². The molecular formula is C15H15FN4O3. The zero-order valence-electron chi connectivity index (χ0n) is 12.3. The van der Waals surface area contributed by atoms with Crippen LogP contribution in [0.1, 0.15) is 28.5 Å². The predicted molar refractivity (Wildman–Crippen MR) is 79.7 cm³/mol. The van der Waals surface area contributed by atoms with Crippen LogP contribution < -0.4 is 11.1 Å². The highest BCUT2D eigenvalue weighted by atomic mass is 19.1. The van der Waals surface area contributed by atoms with E-state index >= 15 is 0 Å². The van der Waals surface area contributed by atoms with Crippen molar-refractivity contribution >= 4 is 17.7 Å². The molecule has 0 bridgehead atoms. The summed E-state index contributed by atoms with van der Waals surface area (Å²) in [5.41, 5.74) is 6.10. The van der Waals surface area contributed by atoms with Crippen LogP contribution in [0.25, 0.3) is 0 Å². The molecule has 7 nitrogen and oxygen atoms in total. The number of nitrogens with two attached hydrogens (primary N) is 1. The van der Waals surface area contributed by atoms with Crippen molar-refractivity contribution in [2.75, 3.05) is 12.8 Å². The number of amides is 1. The molecule has 0 saturated heterocycles. The molecule has 1 amide bonds. The van der Waals surface area contributed by atoms with Crippen molar-refractivity contribution in [3.05, 3.63) is 53.7 Å². The van der Waals surface area contributed by atoms with E-state index in [4.69, 9.17) is 5.73 Å². The van der Waals surface area contributed by atoms with Crippen LogP contribution in [-0.4, -0.2) is 29.0 Å². The Bertz CT molecular complexity index is 706. The van der Waals surface area contributed by atoms with Crippen LogP contribution in [-0.2, 0) is 9.53 Å². The first-order valence-corrected chi connectivity index (χ1v) is 6.71. The van der Waals surface area contributed by atoms with Gasteiger partial charge in [-0.05, 0) is 17.7 Å². The summed E-state index contributed by atoms with van der Waals surface area (Å²) in [6, 6.07) is 4.72. The third kappa shape index (κ3) is 4.22. The molecule has 0 aliphatic carbocycles. The van der Waals surface area contributed by atoms with Gasteiger partial charge in [-0.3, -0.25) is 9.59 Å². The van der Waals surface area contributed by atoms with Crippen LogP contribution in [0, 0.1) is 5.82 Å². The summed E-state index contributed by atoms with van der Waals surface area (Å²) < 4.78 is 17.7. The van der Waals surface area contributed by atoms with Crippen LogP contribution in [0.5, 0.6) is 0 Å². The summed E-state index contributed by atoms with van der Waals surface area (Å²) in [5, 5.41) is 2.63. The van der Waals surface area contributed by atoms with Gasteiger partial charge in [0.25, 0.3) is 5.91 Å². The number of halogens is 1. The fourth-order valence-electron chi connectivity index (χ4n) is 1.95. The normalized spacial score (nSPS) is 11.6. The van der Waals surface area contributed by atoms with Gasteiger partial charge >= 0.3 is 5.97 Å². The van der Waals surface area contributed by atoms with E-state index in [9.17, 15) is 14.0 Å². The number of nitrogens with one attached hydrogen (secondary N) is 1. The van der Waals surface area contributed by atoms with Gasteiger partial charge in [0.2, 0.25) is 0 Å². The maximum Gasteiger partial charge on any atom is 0.307 e. The fourth-order valence-corrected chi connectivity index (χ4v) is 1.95. The lowest BCUT2D eigenvalue weighted by Gasteiger charge is -2.18. The van der Waals surface area contributed by atoms with E-state index in [1.54, 1.807) is 0 Å². The third-order valence-electron chi connectivity index (χ3n) is 3.12. The topological polar surface area (TPSA) is 107 Å². The van der Waals surface area contributed by atoms with Gasteiger partial charge in [0, 0.05) is 12.4 Å². The standard InChI is InChI=1S/C15H15FN4O3/c1-23-12(21)8-11(9-2-4-10(16)5-3-9)20-15(22)13-14(17)19-7-6-18-13/h2-7,11H,8H2,1H3,(H2,17,19)(H,20,22). The minimum absolute atomic E-state index is 0.0269. The first-order chi connectivity index (χ1) is 11.0. The number of hydrogen-bond acceptors (Lipinski definition) is 6. The summed E-state index contributed by atoms with van der Waals surface area (Å²) in [6.07, 6.45) is 2.57. The Hall–Kier alpha value is -3.03. The van der Waals surface area contributed by atoms with E-state index in [1.165, 1.54) is 43.8 Å².